The molecular formula is C15H21FN2O3. The zero-order valence-corrected chi connectivity index (χ0v) is 12.3. The third-order valence-electron chi connectivity index (χ3n) is 3.15. The van der Waals surface area contributed by atoms with Crippen molar-refractivity contribution in [1.29, 1.82) is 0 Å². The van der Waals surface area contributed by atoms with Crippen LogP contribution in [0.5, 0.6) is 0 Å². The van der Waals surface area contributed by atoms with Gasteiger partial charge >= 0.3 is 12.0 Å². The van der Waals surface area contributed by atoms with Crippen molar-refractivity contribution >= 4 is 12.0 Å². The summed E-state index contributed by atoms with van der Waals surface area (Å²) < 4.78 is 13.5. The van der Waals surface area contributed by atoms with E-state index in [0.29, 0.717) is 18.4 Å². The van der Waals surface area contributed by atoms with E-state index in [1.807, 2.05) is 6.92 Å². The van der Waals surface area contributed by atoms with Crippen LogP contribution in [0.1, 0.15) is 31.7 Å². The number of carboxylic acids is 1. The molecule has 1 rings (SSSR count). The van der Waals surface area contributed by atoms with E-state index in [-0.39, 0.29) is 6.54 Å². The lowest BCUT2D eigenvalue weighted by molar-refractivity contribution is -0.139. The SMILES string of the molecule is CCCC[C@H](NC(=O)N(C)Cc1ccccc1F)C(=O)O. The third kappa shape index (κ3) is 5.41. The molecule has 21 heavy (non-hydrogen) atoms. The zero-order valence-electron chi connectivity index (χ0n) is 12.3. The zero-order chi connectivity index (χ0) is 15.8. The number of urea groups is 1. The average Bonchev–Trinajstić information content (AvgIpc) is 2.45. The van der Waals surface area contributed by atoms with Gasteiger partial charge in [-0.3, -0.25) is 0 Å². The molecule has 0 aliphatic rings. The maximum Gasteiger partial charge on any atom is 0.326 e. The molecule has 2 amide bonds. The Labute approximate surface area is 123 Å². The molecule has 1 atom stereocenters. The number of carboxylic acid groups (broad SMARTS) is 1. The number of aliphatic carboxylic acids is 1. The first-order chi connectivity index (χ1) is 9.95. The topological polar surface area (TPSA) is 69.6 Å². The summed E-state index contributed by atoms with van der Waals surface area (Å²) in [7, 11) is 1.50. The van der Waals surface area contributed by atoms with Gasteiger partial charge in [-0.05, 0) is 12.5 Å². The molecule has 0 unspecified atom stereocenters. The second-order valence-corrected chi connectivity index (χ2v) is 4.93. The molecule has 0 saturated heterocycles. The number of rotatable bonds is 7. The Bertz CT molecular complexity index is 494. The number of benzene rings is 1. The summed E-state index contributed by atoms with van der Waals surface area (Å²) in [6, 6.07) is 4.73. The molecule has 0 saturated carbocycles. The number of hydrogen-bond acceptors (Lipinski definition) is 2. The van der Waals surface area contributed by atoms with Crippen molar-refractivity contribution in [2.45, 2.75) is 38.8 Å². The van der Waals surface area contributed by atoms with Gasteiger partial charge in [0.15, 0.2) is 0 Å². The highest BCUT2D eigenvalue weighted by Gasteiger charge is 2.21. The van der Waals surface area contributed by atoms with Crippen molar-refractivity contribution in [3.8, 4) is 0 Å². The number of nitrogens with zero attached hydrogens (tertiary/aromatic N) is 1. The Morgan fingerprint density at radius 3 is 2.62 bits per heavy atom. The normalized spacial score (nSPS) is 11.8. The van der Waals surface area contributed by atoms with Gasteiger partial charge in [-0.2, -0.15) is 0 Å². The van der Waals surface area contributed by atoms with Crippen LogP contribution in [0.2, 0.25) is 0 Å². The molecule has 1 aromatic rings. The number of carbonyl (C=O) groups is 2. The van der Waals surface area contributed by atoms with E-state index < -0.39 is 23.9 Å². The fraction of sp³-hybridized carbons (Fsp3) is 0.467. The second kappa shape index (κ2) is 8.24. The molecule has 2 N–H and O–H groups in total. The molecule has 0 aliphatic heterocycles. The van der Waals surface area contributed by atoms with Crippen LogP contribution in [-0.2, 0) is 11.3 Å². The van der Waals surface area contributed by atoms with Crippen molar-refractivity contribution in [2.75, 3.05) is 7.05 Å². The highest BCUT2D eigenvalue weighted by molar-refractivity contribution is 5.82. The number of amides is 2. The van der Waals surface area contributed by atoms with Crippen molar-refractivity contribution in [1.82, 2.24) is 10.2 Å². The number of nitrogens with one attached hydrogen (secondary N) is 1. The summed E-state index contributed by atoms with van der Waals surface area (Å²) in [5.74, 6) is -1.45. The third-order valence-corrected chi connectivity index (χ3v) is 3.15. The van der Waals surface area contributed by atoms with Crippen molar-refractivity contribution in [3.05, 3.63) is 35.6 Å². The summed E-state index contributed by atoms with van der Waals surface area (Å²) in [6.45, 7) is 2.03. The van der Waals surface area contributed by atoms with Gasteiger partial charge < -0.3 is 15.3 Å². The molecular weight excluding hydrogens is 275 g/mol. The van der Waals surface area contributed by atoms with Gasteiger partial charge in [0.2, 0.25) is 0 Å². The Morgan fingerprint density at radius 1 is 1.38 bits per heavy atom. The first kappa shape index (κ1) is 16.9. The Morgan fingerprint density at radius 2 is 2.05 bits per heavy atom. The molecule has 0 heterocycles. The van der Waals surface area contributed by atoms with E-state index in [0.717, 1.165) is 6.42 Å². The summed E-state index contributed by atoms with van der Waals surface area (Å²) in [5.41, 5.74) is 0.385. The molecule has 6 heteroatoms. The van der Waals surface area contributed by atoms with E-state index in [4.69, 9.17) is 5.11 Å². The van der Waals surface area contributed by atoms with Gasteiger partial charge in [-0.25, -0.2) is 14.0 Å². The molecule has 5 nitrogen and oxygen atoms in total. The smallest absolute Gasteiger partial charge is 0.326 e. The minimum Gasteiger partial charge on any atom is -0.480 e. The molecule has 0 fully saturated rings. The van der Waals surface area contributed by atoms with Crippen LogP contribution < -0.4 is 5.32 Å². The lowest BCUT2D eigenvalue weighted by atomic mass is 10.1. The molecule has 0 aliphatic carbocycles. The number of unbranched alkanes of at least 4 members (excludes halogenated alkanes) is 1. The summed E-state index contributed by atoms with van der Waals surface area (Å²) in [6.07, 6.45) is 1.95. The van der Waals surface area contributed by atoms with Gasteiger partial charge in [0.1, 0.15) is 11.9 Å². The van der Waals surface area contributed by atoms with Crippen LogP contribution in [0.15, 0.2) is 24.3 Å². The molecule has 0 bridgehead atoms. The van der Waals surface area contributed by atoms with Crippen molar-refractivity contribution < 1.29 is 19.1 Å². The molecule has 116 valence electrons. The number of carbonyl (C=O) groups excluding carboxylic acids is 1. The summed E-state index contributed by atoms with van der Waals surface area (Å²) in [4.78, 5) is 24.3. The van der Waals surface area contributed by atoms with Crippen LogP contribution in [0.3, 0.4) is 0 Å². The molecule has 0 radical (unpaired) electrons. The van der Waals surface area contributed by atoms with E-state index >= 15 is 0 Å². The second-order valence-electron chi connectivity index (χ2n) is 4.93. The van der Waals surface area contributed by atoms with Gasteiger partial charge in [0.05, 0.1) is 0 Å². The fourth-order valence-electron chi connectivity index (χ4n) is 1.88. The van der Waals surface area contributed by atoms with Gasteiger partial charge in [0.25, 0.3) is 0 Å². The van der Waals surface area contributed by atoms with E-state index in [1.165, 1.54) is 18.0 Å². The van der Waals surface area contributed by atoms with Crippen molar-refractivity contribution in [3.63, 3.8) is 0 Å². The minimum absolute atomic E-state index is 0.0820. The fourth-order valence-corrected chi connectivity index (χ4v) is 1.88. The van der Waals surface area contributed by atoms with Crippen LogP contribution in [0.25, 0.3) is 0 Å². The maximum atomic E-state index is 13.5. The Hall–Kier alpha value is -2.11. The lowest BCUT2D eigenvalue weighted by Crippen LogP contribution is -2.46. The van der Waals surface area contributed by atoms with E-state index in [1.54, 1.807) is 18.2 Å². The van der Waals surface area contributed by atoms with Crippen molar-refractivity contribution in [2.24, 2.45) is 0 Å². The summed E-state index contributed by atoms with van der Waals surface area (Å²) >= 11 is 0. The minimum atomic E-state index is -1.06. The van der Waals surface area contributed by atoms with Crippen LogP contribution in [0, 0.1) is 5.82 Å². The monoisotopic (exact) mass is 296 g/mol. The quantitative estimate of drug-likeness (QED) is 0.812. The predicted molar refractivity (Wildman–Crippen MR) is 77.3 cm³/mol. The largest absolute Gasteiger partial charge is 0.480 e. The van der Waals surface area contributed by atoms with Gasteiger partial charge in [-0.15, -0.1) is 0 Å². The molecule has 0 spiro atoms. The Kier molecular flexibility index (Phi) is 6.65. The first-order valence-electron chi connectivity index (χ1n) is 6.93. The highest BCUT2D eigenvalue weighted by Crippen LogP contribution is 2.09. The van der Waals surface area contributed by atoms with E-state index in [9.17, 15) is 14.0 Å². The Balaban J connectivity index is 2.61. The highest BCUT2D eigenvalue weighted by atomic mass is 19.1. The molecule has 1 aromatic carbocycles. The van der Waals surface area contributed by atoms with Crippen LogP contribution in [0.4, 0.5) is 9.18 Å². The first-order valence-corrected chi connectivity index (χ1v) is 6.93. The average molecular weight is 296 g/mol. The van der Waals surface area contributed by atoms with Crippen LogP contribution in [-0.4, -0.2) is 35.1 Å². The molecule has 0 aromatic heterocycles. The lowest BCUT2D eigenvalue weighted by Gasteiger charge is -2.21. The summed E-state index contributed by atoms with van der Waals surface area (Å²) in [5, 5.41) is 11.5. The predicted octanol–water partition coefficient (Wildman–Crippen LogP) is 2.61. The number of hydrogen-bond donors (Lipinski definition) is 2. The van der Waals surface area contributed by atoms with Gasteiger partial charge in [-0.1, -0.05) is 38.0 Å². The van der Waals surface area contributed by atoms with E-state index in [2.05, 4.69) is 5.32 Å². The maximum absolute atomic E-state index is 13.5. The van der Waals surface area contributed by atoms with Gasteiger partial charge in [0, 0.05) is 19.2 Å². The standard InChI is InChI=1S/C15H21FN2O3/c1-3-4-9-13(14(19)20)17-15(21)18(2)10-11-7-5-6-8-12(11)16/h5-8,13H,3-4,9-10H2,1-2H3,(H,17,21)(H,19,20)/t13-/m0/s1. The van der Waals surface area contributed by atoms with Crippen LogP contribution >= 0.6 is 0 Å². The number of halogens is 1.